The van der Waals surface area contributed by atoms with Gasteiger partial charge in [-0.05, 0) is 53.8 Å². The van der Waals surface area contributed by atoms with Crippen molar-refractivity contribution in [1.29, 1.82) is 0 Å². The maximum atomic E-state index is 14.6. The van der Waals surface area contributed by atoms with Gasteiger partial charge in [0.05, 0.1) is 12.2 Å². The topological polar surface area (TPSA) is 180 Å². The molecule has 13 nitrogen and oxygen atoms in total. The van der Waals surface area contributed by atoms with E-state index in [1.807, 2.05) is 20.8 Å². The first-order valence-corrected chi connectivity index (χ1v) is 18.1. The van der Waals surface area contributed by atoms with E-state index in [2.05, 4.69) is 51.7 Å². The van der Waals surface area contributed by atoms with Crippen molar-refractivity contribution in [2.24, 2.45) is 34.5 Å². The molecule has 50 heavy (non-hydrogen) atoms. The number of aromatic nitrogens is 2. The fourth-order valence-corrected chi connectivity index (χ4v) is 7.94. The lowest BCUT2D eigenvalue weighted by molar-refractivity contribution is -0.147. The van der Waals surface area contributed by atoms with Crippen LogP contribution in [-0.2, 0) is 24.0 Å². The molecule has 0 radical (unpaired) electrons. The van der Waals surface area contributed by atoms with Crippen molar-refractivity contribution in [3.05, 3.63) is 36.9 Å². The molecular weight excluding hydrogens is 638 g/mol. The van der Waals surface area contributed by atoms with E-state index in [0.29, 0.717) is 13.0 Å². The van der Waals surface area contributed by atoms with Crippen LogP contribution in [0.3, 0.4) is 0 Å². The number of hydrogen-bond acceptors (Lipinski definition) is 8. The highest BCUT2D eigenvalue weighted by Gasteiger charge is 2.70. The number of Topliss-reactive ketones (excluding diaryl/α,β-unsaturated/α-hetero) is 1. The molecule has 6 atom stereocenters. The number of nitrogens with zero attached hydrogens (tertiary/aromatic N) is 3. The fraction of sp³-hybridized carbons (Fsp3) is 0.676. The summed E-state index contributed by atoms with van der Waals surface area (Å²) in [6.07, 6.45) is 12.3. The predicted molar refractivity (Wildman–Crippen MR) is 185 cm³/mol. The zero-order chi connectivity index (χ0) is 36.4. The van der Waals surface area contributed by atoms with Gasteiger partial charge in [-0.25, -0.2) is 4.98 Å². The molecule has 2 heterocycles. The Morgan fingerprint density at radius 2 is 1.70 bits per heavy atom. The second kappa shape index (κ2) is 15.0. The molecule has 1 saturated heterocycles. The molecule has 0 spiro atoms. The van der Waals surface area contributed by atoms with Crippen LogP contribution < -0.4 is 21.3 Å². The third kappa shape index (κ3) is 8.24. The molecule has 4 aliphatic rings. The average Bonchev–Trinajstić information content (AvgIpc) is 3.95. The third-order valence-electron chi connectivity index (χ3n) is 11.2. The van der Waals surface area contributed by atoms with Gasteiger partial charge in [-0.2, -0.15) is 0 Å². The second-order valence-corrected chi connectivity index (χ2v) is 16.2. The van der Waals surface area contributed by atoms with Crippen molar-refractivity contribution in [3.8, 4) is 0 Å². The summed E-state index contributed by atoms with van der Waals surface area (Å²) in [5.74, 6) is -3.31. The number of carbonyl (C=O) groups excluding carboxylic acids is 6. The molecule has 1 unspecified atom stereocenters. The summed E-state index contributed by atoms with van der Waals surface area (Å²) < 4.78 is 0. The van der Waals surface area contributed by atoms with E-state index < -0.39 is 64.9 Å². The van der Waals surface area contributed by atoms with Crippen LogP contribution in [-0.4, -0.2) is 87.4 Å². The molecule has 1 aromatic heterocycles. The second-order valence-electron chi connectivity index (χ2n) is 16.2. The van der Waals surface area contributed by atoms with E-state index in [-0.39, 0.29) is 41.3 Å². The Balaban J connectivity index is 1.36. The first-order valence-electron chi connectivity index (χ1n) is 18.1. The highest BCUT2D eigenvalue weighted by Crippen LogP contribution is 2.65. The Hall–Kier alpha value is -4.16. The number of likely N-dealkylation sites (tertiary alicyclic amines) is 1. The first kappa shape index (κ1) is 37.1. The number of fused-ring (bicyclic) bond motifs is 1. The van der Waals surface area contributed by atoms with Gasteiger partial charge < -0.3 is 26.2 Å². The van der Waals surface area contributed by atoms with Crippen LogP contribution in [0, 0.1) is 34.5 Å². The number of piperidine rings is 1. The molecule has 1 aliphatic heterocycles. The van der Waals surface area contributed by atoms with E-state index in [4.69, 9.17) is 0 Å². The van der Waals surface area contributed by atoms with E-state index >= 15 is 0 Å². The zero-order valence-corrected chi connectivity index (χ0v) is 30.0. The van der Waals surface area contributed by atoms with Gasteiger partial charge in [0.1, 0.15) is 23.8 Å². The largest absolute Gasteiger partial charge is 0.346 e. The van der Waals surface area contributed by atoms with Crippen LogP contribution in [0.25, 0.3) is 0 Å². The Morgan fingerprint density at radius 1 is 1.00 bits per heavy atom. The van der Waals surface area contributed by atoms with Crippen LogP contribution in [0.2, 0.25) is 0 Å². The van der Waals surface area contributed by atoms with E-state index in [0.717, 1.165) is 44.9 Å². The van der Waals surface area contributed by atoms with Crippen molar-refractivity contribution in [1.82, 2.24) is 36.1 Å². The molecule has 3 aliphatic carbocycles. The number of amides is 5. The molecule has 3 saturated carbocycles. The summed E-state index contributed by atoms with van der Waals surface area (Å²) in [6.45, 7) is 13.7. The highest BCUT2D eigenvalue weighted by molar-refractivity contribution is 6.38. The third-order valence-corrected chi connectivity index (χ3v) is 11.2. The Bertz CT molecular complexity index is 1480. The van der Waals surface area contributed by atoms with Crippen LogP contribution in [0.1, 0.15) is 96.5 Å². The number of rotatable bonds is 14. The normalized spacial score (nSPS) is 24.5. The van der Waals surface area contributed by atoms with Crippen LogP contribution in [0.4, 0.5) is 0 Å². The van der Waals surface area contributed by atoms with Crippen LogP contribution in [0.5, 0.6) is 0 Å². The van der Waals surface area contributed by atoms with Gasteiger partial charge in [0.25, 0.3) is 11.8 Å². The molecule has 5 rings (SSSR count). The fourth-order valence-electron chi connectivity index (χ4n) is 7.94. The lowest BCUT2D eigenvalue weighted by Gasteiger charge is -2.39. The van der Waals surface area contributed by atoms with Gasteiger partial charge in [0.2, 0.25) is 23.5 Å². The summed E-state index contributed by atoms with van der Waals surface area (Å²) in [7, 11) is 0. The van der Waals surface area contributed by atoms with Gasteiger partial charge >= 0.3 is 0 Å². The van der Waals surface area contributed by atoms with Gasteiger partial charge in [-0.15, -0.1) is 6.58 Å². The van der Waals surface area contributed by atoms with E-state index in [1.54, 1.807) is 4.90 Å². The highest BCUT2D eigenvalue weighted by atomic mass is 16.2. The SMILES string of the molecule is C=CCNC(=O)C(=O)C(CC1CC1)NC(=O)[C@@H]1[C@@H]2[C@H](CN1C(=O)[C@@H](NC(=O)[C@@H](NC(=O)c1cnccn1)C1CCCCC1)C(C)(C)C)C2(C)C. The minimum absolute atomic E-state index is 0.0632. The Morgan fingerprint density at radius 3 is 2.30 bits per heavy atom. The first-order chi connectivity index (χ1) is 23.6. The lowest BCUT2D eigenvalue weighted by atomic mass is 9.82. The summed E-state index contributed by atoms with van der Waals surface area (Å²) in [5, 5.41) is 11.3. The molecule has 5 amide bonds. The van der Waals surface area contributed by atoms with Crippen LogP contribution in [0.15, 0.2) is 31.2 Å². The lowest BCUT2D eigenvalue weighted by Crippen LogP contribution is -2.63. The Labute approximate surface area is 294 Å². The quantitative estimate of drug-likeness (QED) is 0.170. The standard InChI is InChI=1S/C37H53N7O6/c1-7-15-40-34(49)29(45)24(18-21-13-14-21)41-33(48)28-26-23(37(26,5)6)20-44(28)35(50)30(36(2,3)4)43-32(47)27(22-11-9-8-10-12-22)42-31(46)25-19-38-16-17-39-25/h7,16-17,19,21-24,26-28,30H,1,8-15,18,20H2,2-6H3,(H,40,49)(H,41,48)(H,42,46)(H,43,47)/t23-,24?,26-,27-,28-,30+/m0/s1. The summed E-state index contributed by atoms with van der Waals surface area (Å²) in [4.78, 5) is 91.5. The maximum Gasteiger partial charge on any atom is 0.289 e. The summed E-state index contributed by atoms with van der Waals surface area (Å²) >= 11 is 0. The Kier molecular flexibility index (Phi) is 11.1. The number of ketones is 1. The van der Waals surface area contributed by atoms with Crippen molar-refractivity contribution < 1.29 is 28.8 Å². The maximum absolute atomic E-state index is 14.6. The number of hydrogen-bond donors (Lipinski definition) is 4. The minimum Gasteiger partial charge on any atom is -0.346 e. The number of carbonyl (C=O) groups is 6. The van der Waals surface area contributed by atoms with Crippen LogP contribution >= 0.6 is 0 Å². The molecule has 4 N–H and O–H groups in total. The zero-order valence-electron chi connectivity index (χ0n) is 30.0. The smallest absolute Gasteiger partial charge is 0.289 e. The van der Waals surface area contributed by atoms with Gasteiger partial charge in [0, 0.05) is 25.5 Å². The van der Waals surface area contributed by atoms with Crippen molar-refractivity contribution in [3.63, 3.8) is 0 Å². The minimum atomic E-state index is -1.01. The number of nitrogens with one attached hydrogen (secondary N) is 4. The molecule has 0 aromatic carbocycles. The predicted octanol–water partition coefficient (Wildman–Crippen LogP) is 2.33. The molecule has 13 heteroatoms. The van der Waals surface area contributed by atoms with Gasteiger partial charge in [-0.1, -0.05) is 72.8 Å². The molecule has 4 fully saturated rings. The van der Waals surface area contributed by atoms with Gasteiger partial charge in [-0.3, -0.25) is 33.8 Å². The summed E-state index contributed by atoms with van der Waals surface area (Å²) in [5.41, 5.74) is -0.864. The van der Waals surface area contributed by atoms with Crippen molar-refractivity contribution in [2.45, 2.75) is 110 Å². The molecule has 1 aromatic rings. The van der Waals surface area contributed by atoms with Crippen molar-refractivity contribution >= 4 is 35.3 Å². The van der Waals surface area contributed by atoms with Crippen molar-refractivity contribution in [2.75, 3.05) is 13.1 Å². The summed E-state index contributed by atoms with van der Waals surface area (Å²) in [6, 6.07) is -3.79. The molecular formula is C37H53N7O6. The van der Waals surface area contributed by atoms with E-state index in [1.165, 1.54) is 24.7 Å². The van der Waals surface area contributed by atoms with E-state index in [9.17, 15) is 28.8 Å². The van der Waals surface area contributed by atoms with Gasteiger partial charge in [0.15, 0.2) is 0 Å². The molecule has 0 bridgehead atoms. The molecule has 272 valence electrons. The monoisotopic (exact) mass is 691 g/mol. The average molecular weight is 692 g/mol.